The highest BCUT2D eigenvalue weighted by Crippen LogP contribution is 2.34. The van der Waals surface area contributed by atoms with E-state index in [0.29, 0.717) is 17.7 Å². The maximum absolute atomic E-state index is 13.5. The summed E-state index contributed by atoms with van der Waals surface area (Å²) in [4.78, 5) is 13.2. The summed E-state index contributed by atoms with van der Waals surface area (Å²) >= 11 is 0. The van der Waals surface area contributed by atoms with E-state index in [1.54, 1.807) is 42.5 Å². The Morgan fingerprint density at radius 1 is 0.794 bits per heavy atom. The predicted octanol–water partition coefficient (Wildman–Crippen LogP) is 4.52. The van der Waals surface area contributed by atoms with Crippen molar-refractivity contribution in [2.45, 2.75) is 25.7 Å². The molecule has 0 unspecified atom stereocenters. The first kappa shape index (κ1) is 23.7. The van der Waals surface area contributed by atoms with Gasteiger partial charge in [-0.2, -0.15) is 0 Å². The number of sulfonamides is 1. The normalized spacial score (nSPS) is 15.1. The van der Waals surface area contributed by atoms with Crippen molar-refractivity contribution in [3.8, 4) is 0 Å². The maximum atomic E-state index is 13.5. The maximum Gasteiger partial charge on any atom is 0.285 e. The number of halogens is 1. The van der Waals surface area contributed by atoms with Gasteiger partial charge in [-0.1, -0.05) is 72.8 Å². The summed E-state index contributed by atoms with van der Waals surface area (Å²) in [6.45, 7) is 0.428. The van der Waals surface area contributed by atoms with Crippen molar-refractivity contribution < 1.29 is 17.6 Å². The van der Waals surface area contributed by atoms with Gasteiger partial charge in [0.05, 0.1) is 0 Å². The first-order valence-electron chi connectivity index (χ1n) is 11.4. The van der Waals surface area contributed by atoms with Gasteiger partial charge < -0.3 is 5.32 Å². The highest BCUT2D eigenvalue weighted by molar-refractivity contribution is 7.99. The summed E-state index contributed by atoms with van der Waals surface area (Å²) in [6, 6.07) is 24.8. The van der Waals surface area contributed by atoms with Crippen molar-refractivity contribution in [2.24, 2.45) is 0 Å². The molecule has 0 aliphatic carbocycles. The van der Waals surface area contributed by atoms with E-state index in [1.807, 2.05) is 18.2 Å². The Kier molecular flexibility index (Phi) is 7.43. The molecule has 5 nitrogen and oxygen atoms in total. The number of nitrogens with zero attached hydrogens (tertiary/aromatic N) is 1. The monoisotopic (exact) mass is 478 g/mol. The molecule has 0 atom stereocenters. The second-order valence-corrected chi connectivity index (χ2v) is 10.0. The number of carbonyl (C=O) groups excluding carboxylic acids is 1. The minimum atomic E-state index is -4.04. The van der Waals surface area contributed by atoms with Crippen LogP contribution in [0.1, 0.15) is 29.5 Å². The fraction of sp³-hybridized carbons (Fsp3) is 0.222. The molecular weight excluding hydrogens is 451 g/mol. The van der Waals surface area contributed by atoms with Crippen LogP contribution in [0.15, 0.2) is 90.6 Å². The van der Waals surface area contributed by atoms with Crippen LogP contribution in [0.5, 0.6) is 0 Å². The molecule has 1 amide bonds. The highest BCUT2D eigenvalue weighted by atomic mass is 32.2. The van der Waals surface area contributed by atoms with Crippen molar-refractivity contribution in [3.05, 3.63) is 113 Å². The molecule has 3 aromatic rings. The SMILES string of the molecule is O=C1C(NCCCCc2ccccc2)=C(c2ccccc2)S(=O)(=O)N1CCc1cccc(F)c1. The molecule has 0 aromatic heterocycles. The van der Waals surface area contributed by atoms with Crippen LogP contribution in [0.25, 0.3) is 4.91 Å². The number of rotatable bonds is 10. The lowest BCUT2D eigenvalue weighted by Gasteiger charge is -2.16. The molecule has 0 saturated heterocycles. The van der Waals surface area contributed by atoms with Crippen LogP contribution in [0.2, 0.25) is 0 Å². The lowest BCUT2D eigenvalue weighted by molar-refractivity contribution is -0.122. The third kappa shape index (κ3) is 5.37. The van der Waals surface area contributed by atoms with Gasteiger partial charge in [0.25, 0.3) is 15.9 Å². The topological polar surface area (TPSA) is 66.5 Å². The van der Waals surface area contributed by atoms with E-state index in [1.165, 1.54) is 17.7 Å². The van der Waals surface area contributed by atoms with E-state index in [0.717, 1.165) is 23.6 Å². The molecule has 1 aliphatic rings. The number of benzene rings is 3. The smallest absolute Gasteiger partial charge is 0.285 e. The summed E-state index contributed by atoms with van der Waals surface area (Å²) in [7, 11) is -4.04. The van der Waals surface area contributed by atoms with Gasteiger partial charge in [-0.3, -0.25) is 4.79 Å². The molecule has 0 radical (unpaired) electrons. The van der Waals surface area contributed by atoms with Gasteiger partial charge in [-0.15, -0.1) is 0 Å². The zero-order chi connectivity index (χ0) is 24.0. The van der Waals surface area contributed by atoms with E-state index < -0.39 is 21.7 Å². The predicted molar refractivity (Wildman–Crippen MR) is 131 cm³/mol. The van der Waals surface area contributed by atoms with E-state index in [2.05, 4.69) is 17.4 Å². The van der Waals surface area contributed by atoms with Crippen LogP contribution in [-0.4, -0.2) is 31.7 Å². The number of carbonyl (C=O) groups is 1. The first-order chi connectivity index (χ1) is 16.5. The van der Waals surface area contributed by atoms with Crippen LogP contribution in [0.4, 0.5) is 4.39 Å². The third-order valence-corrected chi connectivity index (χ3v) is 7.67. The Labute approximate surface area is 200 Å². The van der Waals surface area contributed by atoms with Crippen molar-refractivity contribution in [1.82, 2.24) is 9.62 Å². The standard InChI is InChI=1S/C27H27FN2O3S/c28-24-16-9-13-22(20-24)17-19-30-27(31)25(26(34(30,32)33)23-14-5-2-6-15-23)29-18-8-7-12-21-10-3-1-4-11-21/h1-6,9-11,13-16,20,29H,7-8,12,17-19H2. The van der Waals surface area contributed by atoms with Crippen LogP contribution < -0.4 is 5.32 Å². The molecular formula is C27H27FN2O3S. The fourth-order valence-corrected chi connectivity index (χ4v) is 5.78. The van der Waals surface area contributed by atoms with Crippen LogP contribution in [0.3, 0.4) is 0 Å². The Bertz CT molecular complexity index is 1280. The van der Waals surface area contributed by atoms with Gasteiger partial charge in [0, 0.05) is 13.1 Å². The highest BCUT2D eigenvalue weighted by Gasteiger charge is 2.44. The molecule has 1 N–H and O–H groups in total. The van der Waals surface area contributed by atoms with E-state index >= 15 is 0 Å². The molecule has 176 valence electrons. The lowest BCUT2D eigenvalue weighted by Crippen LogP contribution is -2.35. The number of aryl methyl sites for hydroxylation is 1. The summed E-state index contributed by atoms with van der Waals surface area (Å²) < 4.78 is 41.2. The Hall–Kier alpha value is -3.45. The van der Waals surface area contributed by atoms with Gasteiger partial charge >= 0.3 is 0 Å². The van der Waals surface area contributed by atoms with E-state index in [9.17, 15) is 17.6 Å². The zero-order valence-electron chi connectivity index (χ0n) is 18.8. The van der Waals surface area contributed by atoms with Crippen LogP contribution >= 0.6 is 0 Å². The fourth-order valence-electron chi connectivity index (χ4n) is 4.07. The molecule has 0 saturated carbocycles. The van der Waals surface area contributed by atoms with Gasteiger partial charge in [0.15, 0.2) is 0 Å². The zero-order valence-corrected chi connectivity index (χ0v) is 19.6. The van der Waals surface area contributed by atoms with Crippen LogP contribution in [0, 0.1) is 5.82 Å². The van der Waals surface area contributed by atoms with Crippen molar-refractivity contribution >= 4 is 20.8 Å². The minimum absolute atomic E-state index is 0.000372. The number of nitrogens with one attached hydrogen (secondary N) is 1. The molecule has 0 fully saturated rings. The van der Waals surface area contributed by atoms with Gasteiger partial charge in [-0.05, 0) is 54.5 Å². The molecule has 0 bridgehead atoms. The first-order valence-corrected chi connectivity index (χ1v) is 12.8. The molecule has 34 heavy (non-hydrogen) atoms. The summed E-state index contributed by atoms with van der Waals surface area (Å²) in [5.74, 6) is -0.965. The number of hydrogen-bond donors (Lipinski definition) is 1. The molecule has 1 heterocycles. The lowest BCUT2D eigenvalue weighted by atomic mass is 10.1. The summed E-state index contributed by atoms with van der Waals surface area (Å²) in [5, 5.41) is 3.11. The Balaban J connectivity index is 1.49. The number of hydrogen-bond acceptors (Lipinski definition) is 4. The van der Waals surface area contributed by atoms with Gasteiger partial charge in [0.2, 0.25) is 0 Å². The molecule has 7 heteroatoms. The largest absolute Gasteiger partial charge is 0.379 e. The van der Waals surface area contributed by atoms with Gasteiger partial charge in [0.1, 0.15) is 16.4 Å². The van der Waals surface area contributed by atoms with E-state index in [-0.39, 0.29) is 23.6 Å². The second kappa shape index (κ2) is 10.7. The quantitative estimate of drug-likeness (QED) is 0.435. The molecule has 4 rings (SSSR count). The van der Waals surface area contributed by atoms with Crippen LogP contribution in [-0.2, 0) is 27.7 Å². The second-order valence-electron chi connectivity index (χ2n) is 8.20. The molecule has 0 spiro atoms. The number of unbranched alkanes of at least 4 members (excludes halogenated alkanes) is 1. The molecule has 3 aromatic carbocycles. The molecule has 1 aliphatic heterocycles. The van der Waals surface area contributed by atoms with Crippen molar-refractivity contribution in [3.63, 3.8) is 0 Å². The average Bonchev–Trinajstić information content (AvgIpc) is 3.03. The minimum Gasteiger partial charge on any atom is -0.379 e. The Morgan fingerprint density at radius 3 is 2.18 bits per heavy atom. The van der Waals surface area contributed by atoms with E-state index in [4.69, 9.17) is 0 Å². The summed E-state index contributed by atoms with van der Waals surface area (Å²) in [6.07, 6.45) is 2.85. The average molecular weight is 479 g/mol. The van der Waals surface area contributed by atoms with Gasteiger partial charge in [-0.25, -0.2) is 17.1 Å². The Morgan fingerprint density at radius 2 is 1.47 bits per heavy atom. The number of amides is 1. The van der Waals surface area contributed by atoms with Crippen molar-refractivity contribution in [1.29, 1.82) is 0 Å². The van der Waals surface area contributed by atoms with Crippen molar-refractivity contribution in [2.75, 3.05) is 13.1 Å². The third-order valence-electron chi connectivity index (χ3n) is 5.78. The summed E-state index contributed by atoms with van der Waals surface area (Å²) in [5.41, 5.74) is 2.45.